The number of hydrogen-bond acceptors (Lipinski definition) is 4. The topological polar surface area (TPSA) is 35.5 Å². The molecule has 3 nitrogen and oxygen atoms in total. The van der Waals surface area contributed by atoms with Gasteiger partial charge in [-0.3, -0.25) is 4.79 Å². The second-order valence-corrected chi connectivity index (χ2v) is 5.39. The maximum Gasteiger partial charge on any atom is 0.185 e. The number of rotatable bonds is 6. The number of hydrogen-bond donors (Lipinski definition) is 0. The first-order valence-electron chi connectivity index (χ1n) is 6.76. The van der Waals surface area contributed by atoms with E-state index in [0.717, 1.165) is 16.2 Å². The summed E-state index contributed by atoms with van der Waals surface area (Å²) < 4.78 is 10.5. The highest BCUT2D eigenvalue weighted by atomic mass is 32.2. The summed E-state index contributed by atoms with van der Waals surface area (Å²) in [6.45, 7) is 0. The van der Waals surface area contributed by atoms with Crippen molar-refractivity contribution in [2.75, 3.05) is 20.5 Å². The molecule has 0 heterocycles. The van der Waals surface area contributed by atoms with Gasteiger partial charge in [0.15, 0.2) is 5.78 Å². The number of ether oxygens (including phenoxy) is 2. The predicted octanol–water partition coefficient (Wildman–Crippen LogP) is 4.32. The maximum absolute atomic E-state index is 12.2. The van der Waals surface area contributed by atoms with Crippen LogP contribution >= 0.6 is 11.8 Å². The molecule has 4 heteroatoms. The van der Waals surface area contributed by atoms with Crippen LogP contribution in [-0.4, -0.2) is 26.3 Å². The van der Waals surface area contributed by atoms with Crippen molar-refractivity contribution in [3.8, 4) is 11.5 Å². The molecule has 114 valence electrons. The molecule has 0 saturated carbocycles. The van der Waals surface area contributed by atoms with Crippen LogP contribution < -0.4 is 9.47 Å². The number of carbonyl (C=O) groups excluding carboxylic acids is 1. The van der Waals surface area contributed by atoms with E-state index < -0.39 is 0 Å². The van der Waals surface area contributed by atoms with E-state index >= 15 is 0 Å². The third-order valence-corrected chi connectivity index (χ3v) is 3.97. The Morgan fingerprint density at radius 2 is 1.91 bits per heavy atom. The fourth-order valence-corrected chi connectivity index (χ4v) is 2.55. The summed E-state index contributed by atoms with van der Waals surface area (Å²) in [5.41, 5.74) is 1.52. The molecule has 0 spiro atoms. The van der Waals surface area contributed by atoms with E-state index in [1.807, 2.05) is 30.5 Å². The van der Waals surface area contributed by atoms with E-state index in [1.54, 1.807) is 56.3 Å². The van der Waals surface area contributed by atoms with Crippen molar-refractivity contribution in [1.29, 1.82) is 0 Å². The second kappa shape index (κ2) is 7.71. The van der Waals surface area contributed by atoms with Gasteiger partial charge in [0.1, 0.15) is 11.5 Å². The highest BCUT2D eigenvalue weighted by Gasteiger charge is 2.04. The molecule has 0 aliphatic carbocycles. The first kappa shape index (κ1) is 16.2. The number of allylic oxidation sites excluding steroid dienone is 1. The molecule has 0 amide bonds. The average molecular weight is 314 g/mol. The highest BCUT2D eigenvalue weighted by molar-refractivity contribution is 7.98. The Kier molecular flexibility index (Phi) is 5.67. The summed E-state index contributed by atoms with van der Waals surface area (Å²) in [6.07, 6.45) is 5.34. The molecule has 0 aliphatic heterocycles. The lowest BCUT2D eigenvalue weighted by Gasteiger charge is -2.06. The Hall–Kier alpha value is -2.20. The zero-order valence-electron chi connectivity index (χ0n) is 12.8. The van der Waals surface area contributed by atoms with Gasteiger partial charge in [0.05, 0.1) is 14.2 Å². The average Bonchev–Trinajstić information content (AvgIpc) is 2.59. The molecule has 0 aromatic heterocycles. The van der Waals surface area contributed by atoms with E-state index in [-0.39, 0.29) is 5.78 Å². The van der Waals surface area contributed by atoms with Gasteiger partial charge in [-0.05, 0) is 42.2 Å². The summed E-state index contributed by atoms with van der Waals surface area (Å²) in [7, 11) is 3.23. The van der Waals surface area contributed by atoms with Crippen molar-refractivity contribution >= 4 is 23.6 Å². The van der Waals surface area contributed by atoms with Gasteiger partial charge in [-0.1, -0.05) is 24.3 Å². The van der Waals surface area contributed by atoms with Crippen molar-refractivity contribution in [3.05, 3.63) is 59.7 Å². The zero-order valence-corrected chi connectivity index (χ0v) is 13.6. The molecular formula is C18H18O3S. The summed E-state index contributed by atoms with van der Waals surface area (Å²) in [5.74, 6) is 1.42. The molecule has 0 unspecified atom stereocenters. The third kappa shape index (κ3) is 3.92. The molecule has 0 N–H and O–H groups in total. The predicted molar refractivity (Wildman–Crippen MR) is 91.1 cm³/mol. The normalized spacial score (nSPS) is 10.7. The lowest BCUT2D eigenvalue weighted by molar-refractivity contribution is 0.104. The Morgan fingerprint density at radius 3 is 2.59 bits per heavy atom. The molecule has 0 radical (unpaired) electrons. The van der Waals surface area contributed by atoms with Gasteiger partial charge in [0.25, 0.3) is 0 Å². The molecule has 0 aliphatic rings. The van der Waals surface area contributed by atoms with Gasteiger partial charge >= 0.3 is 0 Å². The van der Waals surface area contributed by atoms with Crippen LogP contribution in [0.1, 0.15) is 15.9 Å². The molecule has 0 bridgehead atoms. The van der Waals surface area contributed by atoms with Crippen LogP contribution in [0, 0.1) is 0 Å². The lowest BCUT2D eigenvalue weighted by Crippen LogP contribution is -1.95. The largest absolute Gasteiger partial charge is 0.497 e. The standard InChI is InChI=1S/C18H18O3S/c1-20-15-6-4-5-14(12-15)16(19)9-7-13-8-10-18(22-3)17(11-13)21-2/h4-12H,1-3H3/b9-7+. The molecule has 22 heavy (non-hydrogen) atoms. The summed E-state index contributed by atoms with van der Waals surface area (Å²) in [6, 6.07) is 13.0. The summed E-state index contributed by atoms with van der Waals surface area (Å²) >= 11 is 1.62. The monoisotopic (exact) mass is 314 g/mol. The Bertz CT molecular complexity index is 692. The Balaban J connectivity index is 2.18. The van der Waals surface area contributed by atoms with Gasteiger partial charge in [0, 0.05) is 10.5 Å². The Morgan fingerprint density at radius 1 is 1.09 bits per heavy atom. The molecule has 0 saturated heterocycles. The quantitative estimate of drug-likeness (QED) is 0.452. The third-order valence-electron chi connectivity index (χ3n) is 3.19. The van der Waals surface area contributed by atoms with Crippen molar-refractivity contribution in [1.82, 2.24) is 0 Å². The van der Waals surface area contributed by atoms with Gasteiger partial charge in [-0.15, -0.1) is 11.8 Å². The van der Waals surface area contributed by atoms with Crippen molar-refractivity contribution in [3.63, 3.8) is 0 Å². The molecule has 2 aromatic rings. The smallest absolute Gasteiger partial charge is 0.185 e. The van der Waals surface area contributed by atoms with Crippen molar-refractivity contribution < 1.29 is 14.3 Å². The van der Waals surface area contributed by atoms with Crippen LogP contribution in [0.25, 0.3) is 6.08 Å². The van der Waals surface area contributed by atoms with Crippen LogP contribution in [0.15, 0.2) is 53.4 Å². The Labute approximate surface area is 135 Å². The highest BCUT2D eigenvalue weighted by Crippen LogP contribution is 2.28. The van der Waals surface area contributed by atoms with Crippen LogP contribution in [-0.2, 0) is 0 Å². The van der Waals surface area contributed by atoms with E-state index in [0.29, 0.717) is 11.3 Å². The first-order valence-corrected chi connectivity index (χ1v) is 7.99. The summed E-state index contributed by atoms with van der Waals surface area (Å²) in [5, 5.41) is 0. The minimum absolute atomic E-state index is 0.0631. The molecule has 0 fully saturated rings. The number of carbonyl (C=O) groups is 1. The SMILES string of the molecule is COc1cccc(C(=O)/C=C/c2ccc(SC)c(OC)c2)c1. The molecule has 0 atom stereocenters. The van der Waals surface area contributed by atoms with Crippen molar-refractivity contribution in [2.45, 2.75) is 4.90 Å². The minimum atomic E-state index is -0.0631. The van der Waals surface area contributed by atoms with Crippen molar-refractivity contribution in [2.24, 2.45) is 0 Å². The lowest BCUT2D eigenvalue weighted by atomic mass is 10.1. The maximum atomic E-state index is 12.2. The van der Waals surface area contributed by atoms with Gasteiger partial charge < -0.3 is 9.47 Å². The number of thioether (sulfide) groups is 1. The first-order chi connectivity index (χ1) is 10.7. The van der Waals surface area contributed by atoms with Crippen LogP contribution in [0.3, 0.4) is 0 Å². The second-order valence-electron chi connectivity index (χ2n) is 4.54. The summed E-state index contributed by atoms with van der Waals surface area (Å²) in [4.78, 5) is 13.3. The molecular weight excluding hydrogens is 296 g/mol. The fraction of sp³-hybridized carbons (Fsp3) is 0.167. The number of ketones is 1. The zero-order chi connectivity index (χ0) is 15.9. The van der Waals surface area contributed by atoms with Gasteiger partial charge in [-0.25, -0.2) is 0 Å². The molecule has 2 aromatic carbocycles. The van der Waals surface area contributed by atoms with Crippen LogP contribution in [0.5, 0.6) is 11.5 Å². The van der Waals surface area contributed by atoms with E-state index in [4.69, 9.17) is 9.47 Å². The van der Waals surface area contributed by atoms with E-state index in [2.05, 4.69) is 0 Å². The van der Waals surface area contributed by atoms with Gasteiger partial charge in [0.2, 0.25) is 0 Å². The van der Waals surface area contributed by atoms with Gasteiger partial charge in [-0.2, -0.15) is 0 Å². The fourth-order valence-electron chi connectivity index (χ4n) is 2.00. The van der Waals surface area contributed by atoms with E-state index in [1.165, 1.54) is 0 Å². The number of benzene rings is 2. The van der Waals surface area contributed by atoms with E-state index in [9.17, 15) is 4.79 Å². The minimum Gasteiger partial charge on any atom is -0.497 e. The molecule has 2 rings (SSSR count). The van der Waals surface area contributed by atoms with Crippen LogP contribution in [0.4, 0.5) is 0 Å². The number of methoxy groups -OCH3 is 2. The van der Waals surface area contributed by atoms with Crippen LogP contribution in [0.2, 0.25) is 0 Å².